The molecule has 0 bridgehead atoms. The fraction of sp³-hybridized carbons (Fsp3) is 0.600. The highest BCUT2D eigenvalue weighted by Gasteiger charge is 2.33. The summed E-state index contributed by atoms with van der Waals surface area (Å²) >= 11 is 0. The third-order valence-electron chi connectivity index (χ3n) is 3.97. The molecule has 1 aromatic rings. The van der Waals surface area contributed by atoms with Crippen molar-refractivity contribution < 1.29 is 0 Å². The van der Waals surface area contributed by atoms with Crippen LogP contribution in [0.1, 0.15) is 38.3 Å². The highest BCUT2D eigenvalue weighted by Crippen LogP contribution is 2.39. The van der Waals surface area contributed by atoms with Crippen LogP contribution in [0.5, 0.6) is 0 Å². The topological polar surface area (TPSA) is 29.3 Å². The largest absolute Gasteiger partial charge is 0.374 e. The van der Waals surface area contributed by atoms with E-state index in [0.29, 0.717) is 0 Å². The lowest BCUT2D eigenvalue weighted by Crippen LogP contribution is -2.23. The van der Waals surface area contributed by atoms with Crippen molar-refractivity contribution in [2.24, 2.45) is 17.6 Å². The summed E-state index contributed by atoms with van der Waals surface area (Å²) in [5, 5.41) is 0. The van der Waals surface area contributed by atoms with Crippen LogP contribution in [0.4, 0.5) is 5.69 Å². The van der Waals surface area contributed by atoms with Gasteiger partial charge in [0.1, 0.15) is 0 Å². The maximum absolute atomic E-state index is 6.18. The first-order chi connectivity index (χ1) is 8.13. The number of hydrogen-bond acceptors (Lipinski definition) is 2. The van der Waals surface area contributed by atoms with Gasteiger partial charge >= 0.3 is 0 Å². The Hall–Kier alpha value is -1.02. The third-order valence-corrected chi connectivity index (χ3v) is 3.97. The first kappa shape index (κ1) is 12.4. The molecule has 3 atom stereocenters. The van der Waals surface area contributed by atoms with Crippen LogP contribution in [0.15, 0.2) is 24.3 Å². The molecule has 1 aliphatic carbocycles. The molecule has 0 radical (unpaired) electrons. The average Bonchev–Trinajstić information content (AvgIpc) is 3.03. The lowest BCUT2D eigenvalue weighted by Gasteiger charge is -2.24. The predicted molar refractivity (Wildman–Crippen MR) is 74.2 cm³/mol. The smallest absolute Gasteiger partial charge is 0.0412 e. The lowest BCUT2D eigenvalue weighted by atomic mass is 10.0. The van der Waals surface area contributed by atoms with Gasteiger partial charge in [-0.05, 0) is 36.3 Å². The van der Waals surface area contributed by atoms with E-state index in [2.05, 4.69) is 50.1 Å². The zero-order valence-corrected chi connectivity index (χ0v) is 11.2. The van der Waals surface area contributed by atoms with Gasteiger partial charge in [-0.3, -0.25) is 0 Å². The van der Waals surface area contributed by atoms with Gasteiger partial charge in [-0.1, -0.05) is 32.0 Å². The number of benzene rings is 1. The van der Waals surface area contributed by atoms with Gasteiger partial charge in [0.15, 0.2) is 0 Å². The van der Waals surface area contributed by atoms with E-state index in [4.69, 9.17) is 5.73 Å². The molecule has 0 heterocycles. The number of rotatable bonds is 5. The van der Waals surface area contributed by atoms with Crippen molar-refractivity contribution in [3.05, 3.63) is 29.8 Å². The maximum Gasteiger partial charge on any atom is 0.0412 e. The SMILES string of the molecule is CCC(N)c1ccccc1N(C)CC1CC1C. The summed E-state index contributed by atoms with van der Waals surface area (Å²) in [6.45, 7) is 5.64. The first-order valence-electron chi connectivity index (χ1n) is 6.69. The van der Waals surface area contributed by atoms with Crippen molar-refractivity contribution in [1.82, 2.24) is 0 Å². The normalized spacial score (nSPS) is 24.5. The van der Waals surface area contributed by atoms with Crippen LogP contribution in [0.25, 0.3) is 0 Å². The van der Waals surface area contributed by atoms with Crippen molar-refractivity contribution in [1.29, 1.82) is 0 Å². The van der Waals surface area contributed by atoms with E-state index in [1.165, 1.54) is 17.7 Å². The summed E-state index contributed by atoms with van der Waals surface area (Å²) in [6, 6.07) is 8.70. The summed E-state index contributed by atoms with van der Waals surface area (Å²) in [4.78, 5) is 2.37. The number of para-hydroxylation sites is 1. The number of hydrogen-bond donors (Lipinski definition) is 1. The second-order valence-electron chi connectivity index (χ2n) is 5.43. The molecule has 0 aliphatic heterocycles. The molecule has 0 aromatic heterocycles. The van der Waals surface area contributed by atoms with E-state index in [-0.39, 0.29) is 6.04 Å². The molecule has 17 heavy (non-hydrogen) atoms. The highest BCUT2D eigenvalue weighted by molar-refractivity contribution is 5.54. The summed E-state index contributed by atoms with van der Waals surface area (Å²) in [6.07, 6.45) is 2.37. The minimum absolute atomic E-state index is 0.158. The molecule has 1 fully saturated rings. The summed E-state index contributed by atoms with van der Waals surface area (Å²) in [5.74, 6) is 1.79. The van der Waals surface area contributed by atoms with E-state index < -0.39 is 0 Å². The van der Waals surface area contributed by atoms with Gasteiger partial charge in [-0.2, -0.15) is 0 Å². The van der Waals surface area contributed by atoms with Gasteiger partial charge in [0.05, 0.1) is 0 Å². The maximum atomic E-state index is 6.18. The van der Waals surface area contributed by atoms with Crippen molar-refractivity contribution in [3.8, 4) is 0 Å². The number of nitrogens with two attached hydrogens (primary N) is 1. The summed E-state index contributed by atoms with van der Waals surface area (Å²) in [5.41, 5.74) is 8.77. The Labute approximate surface area is 105 Å². The molecule has 1 aliphatic rings. The van der Waals surface area contributed by atoms with E-state index >= 15 is 0 Å². The van der Waals surface area contributed by atoms with Crippen molar-refractivity contribution >= 4 is 5.69 Å². The molecule has 1 aromatic carbocycles. The summed E-state index contributed by atoms with van der Waals surface area (Å²) < 4.78 is 0. The Kier molecular flexibility index (Phi) is 3.72. The van der Waals surface area contributed by atoms with E-state index in [9.17, 15) is 0 Å². The number of nitrogens with zero attached hydrogens (tertiary/aromatic N) is 1. The molecule has 0 saturated heterocycles. The monoisotopic (exact) mass is 232 g/mol. The molecule has 2 N–H and O–H groups in total. The molecule has 94 valence electrons. The standard InChI is InChI=1S/C15H24N2/c1-4-14(16)13-7-5-6-8-15(13)17(3)10-12-9-11(12)2/h5-8,11-12,14H,4,9-10,16H2,1-3H3. The molecule has 0 spiro atoms. The van der Waals surface area contributed by atoms with Crippen LogP contribution in [0.3, 0.4) is 0 Å². The quantitative estimate of drug-likeness (QED) is 0.844. The van der Waals surface area contributed by atoms with Gasteiger partial charge in [-0.25, -0.2) is 0 Å². The zero-order chi connectivity index (χ0) is 12.4. The average molecular weight is 232 g/mol. The van der Waals surface area contributed by atoms with Crippen molar-refractivity contribution in [3.63, 3.8) is 0 Å². The summed E-state index contributed by atoms with van der Waals surface area (Å²) in [7, 11) is 2.19. The Morgan fingerprint density at radius 2 is 2.06 bits per heavy atom. The van der Waals surface area contributed by atoms with E-state index in [0.717, 1.165) is 24.8 Å². The molecule has 2 heteroatoms. The Morgan fingerprint density at radius 3 is 2.65 bits per heavy atom. The zero-order valence-electron chi connectivity index (χ0n) is 11.2. The predicted octanol–water partition coefficient (Wildman–Crippen LogP) is 3.19. The van der Waals surface area contributed by atoms with Gasteiger partial charge in [0.25, 0.3) is 0 Å². The van der Waals surface area contributed by atoms with Gasteiger partial charge in [0, 0.05) is 25.3 Å². The molecular formula is C15H24N2. The second-order valence-corrected chi connectivity index (χ2v) is 5.43. The second kappa shape index (κ2) is 5.09. The van der Waals surface area contributed by atoms with Crippen LogP contribution in [-0.2, 0) is 0 Å². The van der Waals surface area contributed by atoms with Crippen LogP contribution < -0.4 is 10.6 Å². The molecule has 1 saturated carbocycles. The molecule has 2 rings (SSSR count). The Bertz CT molecular complexity index is 375. The lowest BCUT2D eigenvalue weighted by molar-refractivity contribution is 0.683. The van der Waals surface area contributed by atoms with Gasteiger partial charge < -0.3 is 10.6 Å². The van der Waals surface area contributed by atoms with E-state index in [1.807, 2.05) is 0 Å². The van der Waals surface area contributed by atoms with Crippen LogP contribution in [0, 0.1) is 11.8 Å². The first-order valence-corrected chi connectivity index (χ1v) is 6.69. The Balaban J connectivity index is 2.12. The fourth-order valence-electron chi connectivity index (χ4n) is 2.47. The molecular weight excluding hydrogens is 208 g/mol. The van der Waals surface area contributed by atoms with Crippen molar-refractivity contribution in [2.45, 2.75) is 32.7 Å². The van der Waals surface area contributed by atoms with Crippen LogP contribution >= 0.6 is 0 Å². The highest BCUT2D eigenvalue weighted by atomic mass is 15.1. The van der Waals surface area contributed by atoms with Crippen molar-refractivity contribution in [2.75, 3.05) is 18.5 Å². The van der Waals surface area contributed by atoms with E-state index in [1.54, 1.807) is 0 Å². The van der Waals surface area contributed by atoms with Crippen LogP contribution in [-0.4, -0.2) is 13.6 Å². The molecule has 2 nitrogen and oxygen atoms in total. The Morgan fingerprint density at radius 1 is 1.41 bits per heavy atom. The molecule has 0 amide bonds. The minimum Gasteiger partial charge on any atom is -0.374 e. The van der Waals surface area contributed by atoms with Gasteiger partial charge in [-0.15, -0.1) is 0 Å². The fourth-order valence-corrected chi connectivity index (χ4v) is 2.47. The minimum atomic E-state index is 0.158. The molecule has 3 unspecified atom stereocenters. The third kappa shape index (κ3) is 2.81. The number of anilines is 1. The van der Waals surface area contributed by atoms with Crippen LogP contribution in [0.2, 0.25) is 0 Å². The van der Waals surface area contributed by atoms with Gasteiger partial charge in [0.2, 0.25) is 0 Å².